The van der Waals surface area contributed by atoms with Crippen LogP contribution in [0.3, 0.4) is 0 Å². The van der Waals surface area contributed by atoms with Gasteiger partial charge in [0.2, 0.25) is 0 Å². The molecule has 0 spiro atoms. The molecular formula is C25H23Cl2N5O6. The van der Waals surface area contributed by atoms with Gasteiger partial charge in [0, 0.05) is 32.7 Å². The molecule has 5 N–H and O–H groups in total. The van der Waals surface area contributed by atoms with Crippen molar-refractivity contribution in [2.24, 2.45) is 5.73 Å². The molecule has 1 aromatic heterocycles. The normalized spacial score (nSPS) is 14.9. The molecule has 1 aliphatic heterocycles. The van der Waals surface area contributed by atoms with Crippen LogP contribution in [0.4, 0.5) is 21.0 Å². The molecule has 0 atom stereocenters. The minimum absolute atomic E-state index is 0.101. The maximum absolute atomic E-state index is 13.6. The first-order valence-corrected chi connectivity index (χ1v) is 12.0. The molecule has 1 saturated heterocycles. The molecule has 13 heteroatoms. The molecule has 0 aliphatic carbocycles. The van der Waals surface area contributed by atoms with Crippen molar-refractivity contribution in [3.05, 3.63) is 63.3 Å². The van der Waals surface area contributed by atoms with E-state index >= 15 is 0 Å². The van der Waals surface area contributed by atoms with Crippen molar-refractivity contribution in [1.29, 1.82) is 0 Å². The second-order valence-corrected chi connectivity index (χ2v) is 10.2. The number of hydrogen-bond donors (Lipinski definition) is 4. The summed E-state index contributed by atoms with van der Waals surface area (Å²) < 4.78 is 5.50. The summed E-state index contributed by atoms with van der Waals surface area (Å²) in [5.74, 6) is -1.87. The number of H-pyrrole nitrogens is 1. The maximum atomic E-state index is 13.6. The van der Waals surface area contributed by atoms with Crippen LogP contribution in [0.5, 0.6) is 0 Å². The molecule has 198 valence electrons. The minimum Gasteiger partial charge on any atom is -0.477 e. The van der Waals surface area contributed by atoms with Crippen LogP contribution in [0.15, 0.2) is 42.0 Å². The number of carbonyl (C=O) groups excluding carboxylic acids is 3. The third-order valence-electron chi connectivity index (χ3n) is 5.40. The fraction of sp³-hybridized carbons (Fsp3) is 0.200. The zero-order valence-corrected chi connectivity index (χ0v) is 22.0. The van der Waals surface area contributed by atoms with Crippen molar-refractivity contribution in [3.8, 4) is 0 Å². The summed E-state index contributed by atoms with van der Waals surface area (Å²) in [6.07, 6.45) is 0.584. The van der Waals surface area contributed by atoms with Crippen LogP contribution in [-0.2, 0) is 9.53 Å². The smallest absolute Gasteiger partial charge is 0.430 e. The lowest BCUT2D eigenvalue weighted by molar-refractivity contribution is -0.115. The van der Waals surface area contributed by atoms with E-state index in [0.717, 1.165) is 10.0 Å². The highest BCUT2D eigenvalue weighted by Gasteiger charge is 2.40. The Morgan fingerprint density at radius 1 is 1.16 bits per heavy atom. The number of hydrazine groups is 1. The number of nitrogens with two attached hydrogens (primary N) is 1. The molecular weight excluding hydrogens is 537 g/mol. The third kappa shape index (κ3) is 5.38. The number of anilines is 2. The van der Waals surface area contributed by atoms with Crippen molar-refractivity contribution in [2.45, 2.75) is 26.4 Å². The molecule has 4 amide bonds. The number of benzene rings is 2. The van der Waals surface area contributed by atoms with Gasteiger partial charge in [0.25, 0.3) is 5.91 Å². The molecule has 38 heavy (non-hydrogen) atoms. The minimum atomic E-state index is -1.27. The first kappa shape index (κ1) is 26.8. The number of aromatic nitrogens is 1. The van der Waals surface area contributed by atoms with Crippen molar-refractivity contribution >= 4 is 75.6 Å². The number of nitrogens with one attached hydrogen (secondary N) is 2. The number of nitrogens with zero attached hydrogens (tertiary/aromatic N) is 2. The van der Waals surface area contributed by atoms with E-state index in [9.17, 15) is 24.3 Å². The van der Waals surface area contributed by atoms with E-state index in [1.807, 2.05) is 0 Å². The monoisotopic (exact) mass is 559 g/mol. The van der Waals surface area contributed by atoms with Crippen LogP contribution in [-0.4, -0.2) is 51.2 Å². The van der Waals surface area contributed by atoms with Gasteiger partial charge < -0.3 is 25.9 Å². The number of primary amides is 1. The molecule has 1 fully saturated rings. The van der Waals surface area contributed by atoms with Crippen molar-refractivity contribution < 1.29 is 29.0 Å². The predicted octanol–water partition coefficient (Wildman–Crippen LogP) is 5.25. The lowest BCUT2D eigenvalue weighted by Crippen LogP contribution is -2.45. The molecule has 0 bridgehead atoms. The predicted molar refractivity (Wildman–Crippen MR) is 143 cm³/mol. The molecule has 0 saturated carbocycles. The Bertz CT molecular complexity index is 1510. The number of halogens is 2. The van der Waals surface area contributed by atoms with E-state index < -0.39 is 29.6 Å². The number of amides is 4. The van der Waals surface area contributed by atoms with Gasteiger partial charge in [-0.1, -0.05) is 23.2 Å². The number of fused-ring (bicyclic) bond motifs is 1. The Morgan fingerprint density at radius 2 is 1.82 bits per heavy atom. The van der Waals surface area contributed by atoms with Gasteiger partial charge in [0.05, 0.1) is 17.3 Å². The fourth-order valence-electron chi connectivity index (χ4n) is 3.96. The highest BCUT2D eigenvalue weighted by Crippen LogP contribution is 2.36. The number of carboxylic acids is 1. The van der Waals surface area contributed by atoms with Crippen LogP contribution in [0.2, 0.25) is 10.0 Å². The van der Waals surface area contributed by atoms with Gasteiger partial charge in [-0.05, 0) is 63.2 Å². The maximum Gasteiger partial charge on any atom is 0.430 e. The summed E-state index contributed by atoms with van der Waals surface area (Å²) in [5, 5.41) is 15.3. The van der Waals surface area contributed by atoms with Gasteiger partial charge in [-0.2, -0.15) is 0 Å². The average Bonchev–Trinajstić information content (AvgIpc) is 3.31. The lowest BCUT2D eigenvalue weighted by Gasteiger charge is -2.30. The molecule has 2 aromatic carbocycles. The summed E-state index contributed by atoms with van der Waals surface area (Å²) >= 11 is 12.5. The summed E-state index contributed by atoms with van der Waals surface area (Å²) in [4.78, 5) is 52.7. The second kappa shape index (κ2) is 9.92. The topological polar surface area (TPSA) is 158 Å². The number of urea groups is 1. The number of carboxylic acid groups (broad SMARTS) is 1. The molecule has 4 rings (SSSR count). The van der Waals surface area contributed by atoms with Gasteiger partial charge in [0.15, 0.2) is 0 Å². The van der Waals surface area contributed by atoms with Crippen molar-refractivity contribution in [1.82, 2.24) is 9.99 Å². The van der Waals surface area contributed by atoms with Crippen LogP contribution in [0.25, 0.3) is 17.0 Å². The van der Waals surface area contributed by atoms with Gasteiger partial charge in [-0.25, -0.2) is 24.4 Å². The standard InChI is InChI=1S/C25H23Cl2N5O6/c1-25(2,3)38-24(37)31-11-12(21(33)32(31)15-6-4-14(5-7-15)29-23(28)36)8-16-19-17(27)9-13(26)10-18(19)30-20(16)22(34)35/h4-10,30H,11H2,1-3H3,(H,34,35)(H3,28,29,36)/b12-8+. The summed E-state index contributed by atoms with van der Waals surface area (Å²) in [6.45, 7) is 4.84. The fourth-order valence-corrected chi connectivity index (χ4v) is 4.55. The number of aromatic amines is 1. The van der Waals surface area contributed by atoms with E-state index in [-0.39, 0.29) is 28.4 Å². The number of hydrogen-bond acceptors (Lipinski definition) is 5. The summed E-state index contributed by atoms with van der Waals surface area (Å²) in [6, 6.07) is 8.26. The summed E-state index contributed by atoms with van der Waals surface area (Å²) in [5.41, 5.74) is 5.40. The number of aromatic carboxylic acids is 1. The molecule has 2 heterocycles. The number of ether oxygens (including phenoxy) is 1. The van der Waals surface area contributed by atoms with E-state index in [4.69, 9.17) is 33.7 Å². The molecule has 0 radical (unpaired) electrons. The Balaban J connectivity index is 1.82. The second-order valence-electron chi connectivity index (χ2n) is 9.39. The van der Waals surface area contributed by atoms with Gasteiger partial charge in [-0.15, -0.1) is 0 Å². The van der Waals surface area contributed by atoms with Crippen molar-refractivity contribution in [2.75, 3.05) is 16.9 Å². The Hall–Kier alpha value is -4.22. The van der Waals surface area contributed by atoms with Gasteiger partial charge in [0.1, 0.15) is 11.3 Å². The Labute approximate surface area is 226 Å². The quantitative estimate of drug-likeness (QED) is 0.319. The first-order valence-electron chi connectivity index (χ1n) is 11.2. The third-order valence-corrected chi connectivity index (χ3v) is 5.91. The van der Waals surface area contributed by atoms with E-state index in [1.165, 1.54) is 42.5 Å². The molecule has 3 aromatic rings. The van der Waals surface area contributed by atoms with Gasteiger partial charge >= 0.3 is 18.1 Å². The lowest BCUT2D eigenvalue weighted by atomic mass is 10.1. The first-order chi connectivity index (χ1) is 17.7. The van der Waals surface area contributed by atoms with Gasteiger partial charge in [-0.3, -0.25) is 4.79 Å². The number of rotatable bonds is 4. The zero-order chi connectivity index (χ0) is 27.9. The molecule has 1 aliphatic rings. The van der Waals surface area contributed by atoms with Crippen LogP contribution in [0, 0.1) is 0 Å². The van der Waals surface area contributed by atoms with E-state index in [2.05, 4.69) is 10.3 Å². The van der Waals surface area contributed by atoms with Crippen LogP contribution >= 0.6 is 23.2 Å². The van der Waals surface area contributed by atoms with E-state index in [1.54, 1.807) is 20.8 Å². The van der Waals surface area contributed by atoms with Crippen LogP contribution < -0.4 is 16.1 Å². The largest absolute Gasteiger partial charge is 0.477 e. The van der Waals surface area contributed by atoms with Crippen molar-refractivity contribution in [3.63, 3.8) is 0 Å². The SMILES string of the molecule is CC(C)(C)OC(=O)N1C/C(=C\c2c(C(=O)O)[nH]c3cc(Cl)cc(Cl)c23)C(=O)N1c1ccc(NC(N)=O)cc1. The molecule has 11 nitrogen and oxygen atoms in total. The summed E-state index contributed by atoms with van der Waals surface area (Å²) in [7, 11) is 0. The number of carbonyl (C=O) groups is 4. The molecule has 0 unspecified atom stereocenters. The zero-order valence-electron chi connectivity index (χ0n) is 20.5. The Kier molecular flexibility index (Phi) is 7.00. The highest BCUT2D eigenvalue weighted by molar-refractivity contribution is 6.39. The average molecular weight is 560 g/mol. The Morgan fingerprint density at radius 3 is 2.39 bits per heavy atom. The van der Waals surface area contributed by atoms with Crippen LogP contribution in [0.1, 0.15) is 36.8 Å². The highest BCUT2D eigenvalue weighted by atomic mass is 35.5. The van der Waals surface area contributed by atoms with E-state index in [0.29, 0.717) is 27.3 Å².